The van der Waals surface area contributed by atoms with Gasteiger partial charge in [0.1, 0.15) is 9.71 Å². The zero-order chi connectivity index (χ0) is 15.1. The average Bonchev–Trinajstić information content (AvgIpc) is 3.18. The van der Waals surface area contributed by atoms with Gasteiger partial charge >= 0.3 is 0 Å². The van der Waals surface area contributed by atoms with Crippen molar-refractivity contribution in [2.75, 3.05) is 12.3 Å². The number of aromatic nitrogens is 1. The highest BCUT2D eigenvalue weighted by Gasteiger charge is 2.30. The number of aryl methyl sites for hydroxylation is 1. The molecule has 0 unspecified atom stereocenters. The number of nitrogens with two attached hydrogens (primary N) is 1. The second kappa shape index (κ2) is 5.30. The van der Waals surface area contributed by atoms with Crippen LogP contribution in [0, 0.1) is 12.8 Å². The normalized spacial score (nSPS) is 14.9. The molecule has 112 valence electrons. The lowest BCUT2D eigenvalue weighted by molar-refractivity contribution is 0.0702. The van der Waals surface area contributed by atoms with Gasteiger partial charge in [-0.05, 0) is 51.2 Å². The summed E-state index contributed by atoms with van der Waals surface area (Å²) in [6.07, 6.45) is 4.24. The number of rotatable bonds is 4. The number of carbonyl (C=O) groups excluding carboxylic acids is 1. The van der Waals surface area contributed by atoms with E-state index in [-0.39, 0.29) is 11.9 Å². The fraction of sp³-hybridized carbons (Fsp3) is 0.500. The first-order valence-corrected chi connectivity index (χ1v) is 8.25. The van der Waals surface area contributed by atoms with Crippen LogP contribution < -0.4 is 5.73 Å². The zero-order valence-electron chi connectivity index (χ0n) is 12.7. The Morgan fingerprint density at radius 1 is 1.52 bits per heavy atom. The van der Waals surface area contributed by atoms with Gasteiger partial charge in [-0.3, -0.25) is 4.79 Å². The lowest BCUT2D eigenvalue weighted by Gasteiger charge is -2.26. The minimum Gasteiger partial charge on any atom is -0.397 e. The second-order valence-electron chi connectivity index (χ2n) is 6.15. The summed E-state index contributed by atoms with van der Waals surface area (Å²) in [6.45, 7) is 6.98. The minimum atomic E-state index is 0.0526. The van der Waals surface area contributed by atoms with Crippen LogP contribution in [-0.4, -0.2) is 28.4 Å². The van der Waals surface area contributed by atoms with E-state index in [1.54, 1.807) is 6.20 Å². The van der Waals surface area contributed by atoms with Crippen LogP contribution >= 0.6 is 11.3 Å². The van der Waals surface area contributed by atoms with Gasteiger partial charge in [-0.25, -0.2) is 4.98 Å². The summed E-state index contributed by atoms with van der Waals surface area (Å²) in [5, 5.41) is 0.931. The maximum Gasteiger partial charge on any atom is 0.266 e. The number of nitrogen functional groups attached to an aromatic ring is 1. The van der Waals surface area contributed by atoms with Crippen molar-refractivity contribution in [2.45, 2.75) is 39.7 Å². The van der Waals surface area contributed by atoms with Crippen molar-refractivity contribution in [3.63, 3.8) is 0 Å². The number of fused-ring (bicyclic) bond motifs is 1. The number of amides is 1. The van der Waals surface area contributed by atoms with Crippen LogP contribution in [0.3, 0.4) is 0 Å². The van der Waals surface area contributed by atoms with Gasteiger partial charge in [-0.1, -0.05) is 0 Å². The molecule has 1 saturated carbocycles. The monoisotopic (exact) mass is 303 g/mol. The van der Waals surface area contributed by atoms with E-state index in [1.165, 1.54) is 24.2 Å². The molecule has 0 saturated heterocycles. The summed E-state index contributed by atoms with van der Waals surface area (Å²) in [4.78, 5) is 20.7. The molecular formula is C16H21N3OS. The van der Waals surface area contributed by atoms with Gasteiger partial charge in [-0.2, -0.15) is 0 Å². The van der Waals surface area contributed by atoms with E-state index in [9.17, 15) is 4.79 Å². The topological polar surface area (TPSA) is 59.2 Å². The summed E-state index contributed by atoms with van der Waals surface area (Å²) < 4.78 is 0. The number of nitrogens with zero attached hydrogens (tertiary/aromatic N) is 2. The molecule has 2 aromatic heterocycles. The third-order valence-corrected chi connectivity index (χ3v) is 5.17. The van der Waals surface area contributed by atoms with E-state index in [0.29, 0.717) is 16.5 Å². The molecule has 1 aliphatic carbocycles. The molecule has 3 rings (SSSR count). The smallest absolute Gasteiger partial charge is 0.266 e. The Bertz CT molecular complexity index is 688. The maximum atomic E-state index is 12.9. The summed E-state index contributed by atoms with van der Waals surface area (Å²) in [7, 11) is 0. The fourth-order valence-electron chi connectivity index (χ4n) is 2.60. The molecule has 0 bridgehead atoms. The number of pyridine rings is 1. The summed E-state index contributed by atoms with van der Waals surface area (Å²) in [5.41, 5.74) is 7.91. The molecule has 1 amide bonds. The van der Waals surface area contributed by atoms with Crippen molar-refractivity contribution in [1.29, 1.82) is 0 Å². The van der Waals surface area contributed by atoms with E-state index in [0.717, 1.165) is 22.3 Å². The van der Waals surface area contributed by atoms with Crippen LogP contribution in [0.25, 0.3) is 10.2 Å². The third-order valence-electron chi connectivity index (χ3n) is 4.07. The van der Waals surface area contributed by atoms with E-state index in [4.69, 9.17) is 5.73 Å². The Morgan fingerprint density at radius 2 is 2.24 bits per heavy atom. The van der Waals surface area contributed by atoms with Crippen LogP contribution in [-0.2, 0) is 0 Å². The van der Waals surface area contributed by atoms with Crippen molar-refractivity contribution in [2.24, 2.45) is 5.92 Å². The molecule has 21 heavy (non-hydrogen) atoms. The Labute approximate surface area is 129 Å². The molecule has 5 heteroatoms. The predicted molar refractivity (Wildman–Crippen MR) is 87.7 cm³/mol. The first-order valence-electron chi connectivity index (χ1n) is 7.43. The fourth-order valence-corrected chi connectivity index (χ4v) is 3.70. The molecule has 1 fully saturated rings. The lowest BCUT2D eigenvalue weighted by atomic mass is 10.1. The summed E-state index contributed by atoms with van der Waals surface area (Å²) in [6, 6.07) is 2.13. The molecule has 2 aromatic rings. The summed E-state index contributed by atoms with van der Waals surface area (Å²) in [5.74, 6) is 0.726. The van der Waals surface area contributed by atoms with Crippen LogP contribution in [0.4, 0.5) is 5.69 Å². The second-order valence-corrected chi connectivity index (χ2v) is 7.15. The van der Waals surface area contributed by atoms with Gasteiger partial charge in [0, 0.05) is 24.2 Å². The van der Waals surface area contributed by atoms with Gasteiger partial charge in [0.05, 0.1) is 5.69 Å². The molecule has 0 atom stereocenters. The van der Waals surface area contributed by atoms with E-state index in [2.05, 4.69) is 18.8 Å². The van der Waals surface area contributed by atoms with Crippen molar-refractivity contribution >= 4 is 33.1 Å². The van der Waals surface area contributed by atoms with Gasteiger partial charge in [-0.15, -0.1) is 11.3 Å². The Hall–Kier alpha value is -1.62. The van der Waals surface area contributed by atoms with Gasteiger partial charge in [0.15, 0.2) is 0 Å². The first kappa shape index (κ1) is 14.3. The zero-order valence-corrected chi connectivity index (χ0v) is 13.5. The van der Waals surface area contributed by atoms with Gasteiger partial charge in [0.2, 0.25) is 0 Å². The Balaban J connectivity index is 2.00. The van der Waals surface area contributed by atoms with E-state index < -0.39 is 0 Å². The number of hydrogen-bond acceptors (Lipinski definition) is 4. The van der Waals surface area contributed by atoms with E-state index >= 15 is 0 Å². The maximum absolute atomic E-state index is 12.9. The third kappa shape index (κ3) is 2.62. The predicted octanol–water partition coefficient (Wildman–Crippen LogP) is 3.45. The van der Waals surface area contributed by atoms with Gasteiger partial charge < -0.3 is 10.6 Å². The van der Waals surface area contributed by atoms with Crippen molar-refractivity contribution in [1.82, 2.24) is 9.88 Å². The van der Waals surface area contributed by atoms with Gasteiger partial charge in [0.25, 0.3) is 5.91 Å². The quantitative estimate of drug-likeness (QED) is 0.941. The largest absolute Gasteiger partial charge is 0.397 e. The minimum absolute atomic E-state index is 0.0526. The number of carbonyl (C=O) groups is 1. The average molecular weight is 303 g/mol. The lowest BCUT2D eigenvalue weighted by Crippen LogP contribution is -2.38. The molecular weight excluding hydrogens is 282 g/mol. The van der Waals surface area contributed by atoms with Crippen LogP contribution in [0.5, 0.6) is 0 Å². The highest BCUT2D eigenvalue weighted by atomic mass is 32.1. The molecule has 4 nitrogen and oxygen atoms in total. The van der Waals surface area contributed by atoms with E-state index in [1.807, 2.05) is 17.9 Å². The molecule has 2 N–H and O–H groups in total. The molecule has 1 aliphatic rings. The standard InChI is InChI=1S/C16H21N3OS/c1-9(2)19(8-11-4-5-11)16(20)14-13(17)12-10(3)6-7-18-15(12)21-14/h6-7,9,11H,4-5,8,17H2,1-3H3. The highest BCUT2D eigenvalue weighted by molar-refractivity contribution is 7.21. The number of hydrogen-bond donors (Lipinski definition) is 1. The molecule has 2 heterocycles. The molecule has 0 spiro atoms. The Morgan fingerprint density at radius 3 is 2.81 bits per heavy atom. The Kier molecular flexibility index (Phi) is 3.61. The van der Waals surface area contributed by atoms with Crippen LogP contribution in [0.2, 0.25) is 0 Å². The van der Waals surface area contributed by atoms with Crippen LogP contribution in [0.1, 0.15) is 41.9 Å². The van der Waals surface area contributed by atoms with Crippen LogP contribution in [0.15, 0.2) is 12.3 Å². The van der Waals surface area contributed by atoms with Crippen molar-refractivity contribution in [3.05, 3.63) is 22.7 Å². The first-order chi connectivity index (χ1) is 9.99. The summed E-state index contributed by atoms with van der Waals surface area (Å²) >= 11 is 1.41. The highest BCUT2D eigenvalue weighted by Crippen LogP contribution is 2.36. The number of anilines is 1. The SMILES string of the molecule is Cc1ccnc2sc(C(=O)N(CC3CC3)C(C)C)c(N)c12. The number of thiophene rings is 1. The van der Waals surface area contributed by atoms with Crippen molar-refractivity contribution < 1.29 is 4.79 Å². The molecule has 0 radical (unpaired) electrons. The molecule has 0 aliphatic heterocycles. The van der Waals surface area contributed by atoms with Crippen molar-refractivity contribution in [3.8, 4) is 0 Å². The molecule has 0 aromatic carbocycles.